The molecular weight excluding hydrogens is 446 g/mol. The van der Waals surface area contributed by atoms with Crippen LogP contribution in [0, 0.1) is 6.92 Å². The molecule has 0 aliphatic heterocycles. The third kappa shape index (κ3) is 5.16. The van der Waals surface area contributed by atoms with E-state index in [1.807, 2.05) is 0 Å². The molecule has 33 heavy (non-hydrogen) atoms. The van der Waals surface area contributed by atoms with Gasteiger partial charge in [-0.05, 0) is 25.5 Å². The van der Waals surface area contributed by atoms with Crippen molar-refractivity contribution in [3.63, 3.8) is 0 Å². The largest absolute Gasteiger partial charge is 0.872 e. The number of carbonyl (C=O) groups excluding carboxylic acids is 2. The normalized spacial score (nSPS) is 11.3. The number of esters is 2. The summed E-state index contributed by atoms with van der Waals surface area (Å²) in [6, 6.07) is 3.15. The molecule has 0 saturated heterocycles. The fourth-order valence-corrected chi connectivity index (χ4v) is 2.75. The van der Waals surface area contributed by atoms with Crippen LogP contribution in [0.3, 0.4) is 0 Å². The molecule has 0 spiro atoms. The number of methoxy groups -OCH3 is 2. The highest BCUT2D eigenvalue weighted by Crippen LogP contribution is 2.46. The minimum atomic E-state index is -1.59. The van der Waals surface area contributed by atoms with Gasteiger partial charge in [0.05, 0.1) is 19.8 Å². The lowest BCUT2D eigenvalue weighted by molar-refractivity contribution is -0.269. The van der Waals surface area contributed by atoms with Gasteiger partial charge in [0.15, 0.2) is 23.3 Å². The molecule has 0 radical (unpaired) electrons. The average Bonchev–Trinajstić information content (AvgIpc) is 2.72. The predicted molar refractivity (Wildman–Crippen MR) is 105 cm³/mol. The number of hydrogen-bond donors (Lipinski definition) is 4. The van der Waals surface area contributed by atoms with Gasteiger partial charge in [0.1, 0.15) is 17.1 Å². The van der Waals surface area contributed by atoms with Crippen LogP contribution < -0.4 is 19.8 Å². The summed E-state index contributed by atoms with van der Waals surface area (Å²) in [5.41, 5.74) is -1.96. The molecule has 0 aromatic heterocycles. The maximum atomic E-state index is 12.5. The Hall–Kier alpha value is -4.23. The molecule has 0 aliphatic carbocycles. The minimum Gasteiger partial charge on any atom is -0.872 e. The summed E-state index contributed by atoms with van der Waals surface area (Å²) >= 11 is 0. The second-order valence-corrected chi connectivity index (χ2v) is 6.56. The van der Waals surface area contributed by atoms with E-state index < -0.39 is 69.1 Å². The first-order chi connectivity index (χ1) is 15.4. The zero-order chi connectivity index (χ0) is 25.0. The summed E-state index contributed by atoms with van der Waals surface area (Å²) in [4.78, 5) is 36.0. The second kappa shape index (κ2) is 9.93. The van der Waals surface area contributed by atoms with E-state index >= 15 is 0 Å². The summed E-state index contributed by atoms with van der Waals surface area (Å²) in [6.45, 7) is 2.56. The van der Waals surface area contributed by atoms with Crippen molar-refractivity contribution in [1.82, 2.24) is 0 Å². The van der Waals surface area contributed by atoms with Crippen molar-refractivity contribution in [2.75, 3.05) is 19.4 Å². The fourth-order valence-electron chi connectivity index (χ4n) is 2.75. The highest BCUT2D eigenvalue weighted by atomic mass is 16.8. The number of carboxylic acid groups (broad SMARTS) is 1. The lowest BCUT2D eigenvalue weighted by Gasteiger charge is -2.23. The Morgan fingerprint density at radius 2 is 1.67 bits per heavy atom. The van der Waals surface area contributed by atoms with Gasteiger partial charge in [0, 0.05) is 6.07 Å². The Morgan fingerprint density at radius 3 is 2.18 bits per heavy atom. The number of aliphatic carboxylic acids is 1. The van der Waals surface area contributed by atoms with E-state index in [4.69, 9.17) is 19.3 Å². The molecule has 1 atom stereocenters. The van der Waals surface area contributed by atoms with Gasteiger partial charge in [-0.15, -0.1) is 5.23 Å². The molecule has 0 fully saturated rings. The Labute approximate surface area is 186 Å². The zero-order valence-corrected chi connectivity index (χ0v) is 17.8. The summed E-state index contributed by atoms with van der Waals surface area (Å²) in [5, 5.41) is 50.1. The van der Waals surface area contributed by atoms with Crippen LogP contribution in [0.2, 0.25) is 0 Å². The van der Waals surface area contributed by atoms with E-state index in [1.165, 1.54) is 13.0 Å². The van der Waals surface area contributed by atoms with E-state index in [1.54, 1.807) is 0 Å². The zero-order valence-electron chi connectivity index (χ0n) is 17.8. The highest BCUT2D eigenvalue weighted by Gasteiger charge is 2.31. The Morgan fingerprint density at radius 1 is 1.03 bits per heavy atom. The Kier molecular flexibility index (Phi) is 7.53. The molecule has 178 valence electrons. The van der Waals surface area contributed by atoms with Gasteiger partial charge in [0.2, 0.25) is 0 Å². The number of rotatable bonds is 8. The number of ether oxygens (including phenoxy) is 4. The molecular formula is C20H20NO12-. The van der Waals surface area contributed by atoms with Crippen LogP contribution in [-0.4, -0.2) is 58.9 Å². The van der Waals surface area contributed by atoms with E-state index in [0.29, 0.717) is 5.56 Å². The lowest BCUT2D eigenvalue weighted by Crippen LogP contribution is -2.24. The molecule has 0 aliphatic rings. The van der Waals surface area contributed by atoms with Crippen molar-refractivity contribution in [3.05, 3.63) is 34.9 Å². The van der Waals surface area contributed by atoms with Crippen molar-refractivity contribution in [3.8, 4) is 28.7 Å². The molecule has 13 heteroatoms. The fraction of sp³-hybridized carbons (Fsp3) is 0.250. The van der Waals surface area contributed by atoms with Crippen LogP contribution in [0.1, 0.15) is 33.2 Å². The number of phenols is 1. The number of benzene rings is 2. The van der Waals surface area contributed by atoms with Gasteiger partial charge in [-0.25, -0.2) is 14.4 Å². The van der Waals surface area contributed by atoms with Gasteiger partial charge in [0.25, 0.3) is 0 Å². The third-order valence-electron chi connectivity index (χ3n) is 4.27. The van der Waals surface area contributed by atoms with E-state index in [9.17, 15) is 35.0 Å². The third-order valence-corrected chi connectivity index (χ3v) is 4.27. The van der Waals surface area contributed by atoms with Crippen LogP contribution in [0.25, 0.3) is 0 Å². The SMILES string of the molecule is COC(=O)c1c(Oc2cc(C)cc([O-])c2C(=O)OC(C)C(=O)O)c(OC)cc(O)c1N(O)O. The first kappa shape index (κ1) is 25.0. The number of aromatic hydroxyl groups is 1. The van der Waals surface area contributed by atoms with Crippen LogP contribution >= 0.6 is 0 Å². The smallest absolute Gasteiger partial charge is 0.344 e. The van der Waals surface area contributed by atoms with Gasteiger partial charge < -0.3 is 34.3 Å². The maximum absolute atomic E-state index is 12.5. The van der Waals surface area contributed by atoms with Crippen LogP contribution in [0.15, 0.2) is 18.2 Å². The van der Waals surface area contributed by atoms with Gasteiger partial charge >= 0.3 is 17.9 Å². The van der Waals surface area contributed by atoms with Crippen molar-refractivity contribution in [2.45, 2.75) is 20.0 Å². The van der Waals surface area contributed by atoms with Crippen LogP contribution in [0.5, 0.6) is 28.7 Å². The Balaban J connectivity index is 2.77. The quantitative estimate of drug-likeness (QED) is 0.323. The molecule has 0 saturated carbocycles. The van der Waals surface area contributed by atoms with Crippen LogP contribution in [-0.2, 0) is 14.3 Å². The number of hydrogen-bond acceptors (Lipinski definition) is 12. The molecule has 2 aromatic rings. The number of carboxylic acids is 1. The minimum absolute atomic E-state index is 0.314. The van der Waals surface area contributed by atoms with Crippen molar-refractivity contribution in [1.29, 1.82) is 0 Å². The second-order valence-electron chi connectivity index (χ2n) is 6.56. The maximum Gasteiger partial charge on any atom is 0.344 e. The van der Waals surface area contributed by atoms with Crippen molar-refractivity contribution < 1.29 is 59.1 Å². The molecule has 0 heterocycles. The lowest BCUT2D eigenvalue weighted by atomic mass is 10.1. The molecule has 13 nitrogen and oxygen atoms in total. The standard InChI is InChI=1S/C20H21NO12/c1-8-5-10(22)14(20(27)32-9(2)18(24)25)12(6-8)33-17-13(30-3)7-11(23)16(21(28)29)15(17)19(26)31-4/h5-7,9,22-23,28-29H,1-4H3,(H,24,25)/p-1. The molecule has 2 rings (SSSR count). The summed E-state index contributed by atoms with van der Waals surface area (Å²) in [5.74, 6) is -7.03. The number of phenolic OH excluding ortho intramolecular Hbond substituents is 1. The molecule has 4 N–H and O–H groups in total. The highest BCUT2D eigenvalue weighted by molar-refractivity contribution is 6.02. The predicted octanol–water partition coefficient (Wildman–Crippen LogP) is 1.58. The number of nitrogens with zero attached hydrogens (tertiary/aromatic N) is 1. The summed E-state index contributed by atoms with van der Waals surface area (Å²) in [7, 11) is 2.10. The number of aryl methyl sites for hydroxylation is 1. The van der Waals surface area contributed by atoms with Gasteiger partial charge in [-0.1, -0.05) is 11.8 Å². The summed E-state index contributed by atoms with van der Waals surface area (Å²) in [6.07, 6.45) is -1.59. The van der Waals surface area contributed by atoms with E-state index in [0.717, 1.165) is 33.3 Å². The average molecular weight is 466 g/mol. The van der Waals surface area contributed by atoms with Crippen molar-refractivity contribution >= 4 is 23.6 Å². The molecule has 2 aromatic carbocycles. The number of anilines is 1. The number of carbonyl (C=O) groups is 3. The van der Waals surface area contributed by atoms with E-state index in [-0.39, 0.29) is 5.75 Å². The monoisotopic (exact) mass is 466 g/mol. The molecule has 0 amide bonds. The first-order valence-electron chi connectivity index (χ1n) is 9.06. The summed E-state index contributed by atoms with van der Waals surface area (Å²) < 4.78 is 20.1. The Bertz CT molecular complexity index is 1100. The van der Waals surface area contributed by atoms with Crippen molar-refractivity contribution in [2.24, 2.45) is 0 Å². The molecule has 0 bridgehead atoms. The van der Waals surface area contributed by atoms with Gasteiger partial charge in [-0.3, -0.25) is 10.4 Å². The van der Waals surface area contributed by atoms with Crippen LogP contribution in [0.4, 0.5) is 5.69 Å². The molecule has 1 unspecified atom stereocenters. The van der Waals surface area contributed by atoms with E-state index in [2.05, 4.69) is 4.74 Å². The topological polar surface area (TPSA) is 195 Å². The first-order valence-corrected chi connectivity index (χ1v) is 9.06. The van der Waals surface area contributed by atoms with Gasteiger partial charge in [-0.2, -0.15) is 0 Å².